The summed E-state index contributed by atoms with van der Waals surface area (Å²) in [6.07, 6.45) is 1.93. The minimum atomic E-state index is 0.163. The molecule has 3 aromatic rings. The number of ether oxygens (including phenoxy) is 1. The molecule has 26 heavy (non-hydrogen) atoms. The second-order valence-corrected chi connectivity index (χ2v) is 6.14. The van der Waals surface area contributed by atoms with Crippen molar-refractivity contribution in [2.24, 2.45) is 0 Å². The molecule has 1 aromatic heterocycles. The molecule has 1 N–H and O–H groups in total. The van der Waals surface area contributed by atoms with Gasteiger partial charge >= 0.3 is 0 Å². The summed E-state index contributed by atoms with van der Waals surface area (Å²) in [6, 6.07) is 19.9. The maximum absolute atomic E-state index is 5.67. The van der Waals surface area contributed by atoms with E-state index in [9.17, 15) is 0 Å². The Morgan fingerprint density at radius 3 is 2.38 bits per heavy atom. The van der Waals surface area contributed by atoms with Crippen molar-refractivity contribution in [3.63, 3.8) is 0 Å². The molecule has 0 saturated heterocycles. The van der Waals surface area contributed by atoms with Crippen LogP contribution in [0.25, 0.3) is 0 Å². The second kappa shape index (κ2) is 8.34. The summed E-state index contributed by atoms with van der Waals surface area (Å²) < 4.78 is 5.67. The monoisotopic (exact) mass is 348 g/mol. The van der Waals surface area contributed by atoms with E-state index in [1.165, 1.54) is 0 Å². The van der Waals surface area contributed by atoms with E-state index < -0.39 is 0 Å². The Balaban J connectivity index is 1.77. The molecule has 0 saturated carbocycles. The molecule has 0 amide bonds. The number of hydrogen-bond acceptors (Lipinski definition) is 5. The van der Waals surface area contributed by atoms with Crippen LogP contribution in [0.4, 0.5) is 23.1 Å². The van der Waals surface area contributed by atoms with E-state index >= 15 is 0 Å². The summed E-state index contributed by atoms with van der Waals surface area (Å²) in [5.41, 5.74) is 2.02. The van der Waals surface area contributed by atoms with E-state index in [-0.39, 0.29) is 6.10 Å². The standard InChI is InChI=1S/C21H24N4O/c1-4-25(18-8-6-5-7-9-18)21-22-15-14-20(24-21)23-17-10-12-19(13-11-17)26-16(2)3/h5-16H,4H2,1-3H3,(H,22,23,24). The molecule has 0 radical (unpaired) electrons. The summed E-state index contributed by atoms with van der Waals surface area (Å²) >= 11 is 0. The zero-order chi connectivity index (χ0) is 18.4. The number of hydrogen-bond donors (Lipinski definition) is 1. The average molecular weight is 348 g/mol. The van der Waals surface area contributed by atoms with Crippen molar-refractivity contribution >= 4 is 23.1 Å². The lowest BCUT2D eigenvalue weighted by atomic mass is 10.3. The van der Waals surface area contributed by atoms with Gasteiger partial charge in [0.15, 0.2) is 0 Å². The molecule has 0 fully saturated rings. The minimum Gasteiger partial charge on any atom is -0.491 e. The molecule has 0 aliphatic rings. The lowest BCUT2D eigenvalue weighted by Gasteiger charge is -2.21. The third-order valence-electron chi connectivity index (χ3n) is 3.77. The molecule has 0 aliphatic heterocycles. The van der Waals surface area contributed by atoms with Gasteiger partial charge in [0.2, 0.25) is 5.95 Å². The van der Waals surface area contributed by atoms with Gasteiger partial charge in [-0.3, -0.25) is 0 Å². The molecule has 0 atom stereocenters. The van der Waals surface area contributed by atoms with Crippen molar-refractivity contribution in [2.75, 3.05) is 16.8 Å². The van der Waals surface area contributed by atoms with Gasteiger partial charge in [-0.2, -0.15) is 4.98 Å². The Labute approximate surface area is 154 Å². The maximum Gasteiger partial charge on any atom is 0.231 e. The van der Waals surface area contributed by atoms with E-state index in [4.69, 9.17) is 4.74 Å². The van der Waals surface area contributed by atoms with Gasteiger partial charge in [-0.1, -0.05) is 18.2 Å². The smallest absolute Gasteiger partial charge is 0.231 e. The Morgan fingerprint density at radius 1 is 1.00 bits per heavy atom. The van der Waals surface area contributed by atoms with Crippen molar-refractivity contribution < 1.29 is 4.74 Å². The van der Waals surface area contributed by atoms with Crippen molar-refractivity contribution in [3.8, 4) is 5.75 Å². The first-order valence-electron chi connectivity index (χ1n) is 8.85. The molecule has 0 bridgehead atoms. The molecular weight excluding hydrogens is 324 g/mol. The van der Waals surface area contributed by atoms with Gasteiger partial charge in [0.25, 0.3) is 0 Å². The van der Waals surface area contributed by atoms with Gasteiger partial charge in [0, 0.05) is 24.1 Å². The zero-order valence-corrected chi connectivity index (χ0v) is 15.4. The van der Waals surface area contributed by atoms with E-state index in [0.717, 1.165) is 29.5 Å². The fourth-order valence-electron chi connectivity index (χ4n) is 2.63. The first kappa shape index (κ1) is 17.7. The molecule has 3 rings (SSSR count). The third-order valence-corrected chi connectivity index (χ3v) is 3.77. The lowest BCUT2D eigenvalue weighted by Crippen LogP contribution is -2.18. The van der Waals surface area contributed by atoms with E-state index in [0.29, 0.717) is 5.95 Å². The van der Waals surface area contributed by atoms with Crippen LogP contribution in [0.3, 0.4) is 0 Å². The normalized spacial score (nSPS) is 10.6. The van der Waals surface area contributed by atoms with Crippen LogP contribution in [0.1, 0.15) is 20.8 Å². The Kier molecular flexibility index (Phi) is 5.69. The quantitative estimate of drug-likeness (QED) is 0.639. The highest BCUT2D eigenvalue weighted by Crippen LogP contribution is 2.24. The fraction of sp³-hybridized carbons (Fsp3) is 0.238. The van der Waals surface area contributed by atoms with Gasteiger partial charge in [0.1, 0.15) is 11.6 Å². The molecule has 5 heteroatoms. The van der Waals surface area contributed by atoms with Gasteiger partial charge in [-0.05, 0) is 63.2 Å². The number of anilines is 4. The summed E-state index contributed by atoms with van der Waals surface area (Å²) in [5.74, 6) is 2.28. The van der Waals surface area contributed by atoms with Crippen LogP contribution in [-0.2, 0) is 0 Å². The molecule has 1 heterocycles. The molecule has 5 nitrogen and oxygen atoms in total. The molecular formula is C21H24N4O. The summed E-state index contributed by atoms with van der Waals surface area (Å²) in [5, 5.41) is 3.32. The van der Waals surface area contributed by atoms with Crippen LogP contribution in [0.2, 0.25) is 0 Å². The van der Waals surface area contributed by atoms with Crippen molar-refractivity contribution in [2.45, 2.75) is 26.9 Å². The highest BCUT2D eigenvalue weighted by Gasteiger charge is 2.10. The Bertz CT molecular complexity index is 819. The molecule has 0 unspecified atom stereocenters. The molecule has 2 aromatic carbocycles. The summed E-state index contributed by atoms with van der Waals surface area (Å²) in [7, 11) is 0. The Morgan fingerprint density at radius 2 is 1.73 bits per heavy atom. The van der Waals surface area contributed by atoms with Crippen molar-refractivity contribution in [1.29, 1.82) is 0 Å². The number of nitrogens with one attached hydrogen (secondary N) is 1. The van der Waals surface area contributed by atoms with Crippen LogP contribution >= 0.6 is 0 Å². The molecule has 134 valence electrons. The Hall–Kier alpha value is -3.08. The SMILES string of the molecule is CCN(c1ccccc1)c1nccc(Nc2ccc(OC(C)C)cc2)n1. The average Bonchev–Trinajstić information content (AvgIpc) is 2.65. The van der Waals surface area contributed by atoms with Crippen LogP contribution < -0.4 is 15.0 Å². The second-order valence-electron chi connectivity index (χ2n) is 6.14. The van der Waals surface area contributed by atoms with Gasteiger partial charge in [-0.25, -0.2) is 4.98 Å². The molecule has 0 spiro atoms. The maximum atomic E-state index is 5.67. The van der Waals surface area contributed by atoms with Crippen LogP contribution in [0, 0.1) is 0 Å². The zero-order valence-electron chi connectivity index (χ0n) is 15.4. The van der Waals surface area contributed by atoms with Gasteiger partial charge in [0.05, 0.1) is 6.10 Å². The first-order valence-corrected chi connectivity index (χ1v) is 8.85. The van der Waals surface area contributed by atoms with Gasteiger partial charge < -0.3 is 15.0 Å². The minimum absolute atomic E-state index is 0.163. The predicted molar refractivity (Wildman–Crippen MR) is 107 cm³/mol. The van der Waals surface area contributed by atoms with Gasteiger partial charge in [-0.15, -0.1) is 0 Å². The number of benzene rings is 2. The van der Waals surface area contributed by atoms with Crippen LogP contribution in [0.15, 0.2) is 66.9 Å². The van der Waals surface area contributed by atoms with Crippen molar-refractivity contribution in [3.05, 3.63) is 66.9 Å². The number of aromatic nitrogens is 2. The number of para-hydroxylation sites is 1. The number of nitrogens with zero attached hydrogens (tertiary/aromatic N) is 3. The number of rotatable bonds is 7. The van der Waals surface area contributed by atoms with E-state index in [1.807, 2.05) is 62.4 Å². The predicted octanol–water partition coefficient (Wildman–Crippen LogP) is 5.17. The highest BCUT2D eigenvalue weighted by atomic mass is 16.5. The van der Waals surface area contributed by atoms with Crippen LogP contribution in [0.5, 0.6) is 5.75 Å². The lowest BCUT2D eigenvalue weighted by molar-refractivity contribution is 0.242. The third kappa shape index (κ3) is 4.51. The first-order chi connectivity index (χ1) is 12.7. The summed E-state index contributed by atoms with van der Waals surface area (Å²) in [4.78, 5) is 11.2. The van der Waals surface area contributed by atoms with E-state index in [1.54, 1.807) is 6.20 Å². The van der Waals surface area contributed by atoms with Crippen LogP contribution in [-0.4, -0.2) is 22.6 Å². The topological polar surface area (TPSA) is 50.3 Å². The van der Waals surface area contributed by atoms with Crippen molar-refractivity contribution in [1.82, 2.24) is 9.97 Å². The van der Waals surface area contributed by atoms with E-state index in [2.05, 4.69) is 39.2 Å². The largest absolute Gasteiger partial charge is 0.491 e. The highest BCUT2D eigenvalue weighted by molar-refractivity contribution is 5.61. The molecule has 0 aliphatic carbocycles. The summed E-state index contributed by atoms with van der Waals surface area (Å²) in [6.45, 7) is 6.90. The fourth-order valence-corrected chi connectivity index (χ4v) is 2.63.